The fraction of sp³-hybridized carbons (Fsp3) is 0. The molecule has 0 fully saturated rings. The van der Waals surface area contributed by atoms with Gasteiger partial charge in [-0.2, -0.15) is 8.73 Å². The van der Waals surface area contributed by atoms with E-state index in [9.17, 15) is 0 Å². The van der Waals surface area contributed by atoms with Crippen LogP contribution in [0.1, 0.15) is 0 Å². The van der Waals surface area contributed by atoms with E-state index in [2.05, 4.69) is 35.0 Å². The minimum atomic E-state index is 0.492. The van der Waals surface area contributed by atoms with Crippen molar-refractivity contribution in [1.29, 1.82) is 0 Å². The fourth-order valence-electron chi connectivity index (χ4n) is 1.41. The van der Waals surface area contributed by atoms with Gasteiger partial charge in [0.2, 0.25) is 0 Å². The minimum Gasteiger partial charge on any atom is -0.328 e. The van der Waals surface area contributed by atoms with Crippen LogP contribution in [0.2, 0.25) is 10.0 Å². The number of rotatable bonds is 2. The Kier molecular flexibility index (Phi) is 3.42. The monoisotopic (exact) mass is 380 g/mol. The fourth-order valence-corrected chi connectivity index (χ4v) is 3.72. The summed E-state index contributed by atoms with van der Waals surface area (Å²) >= 11 is 18.1. The number of anilines is 2. The molecule has 0 bridgehead atoms. The largest absolute Gasteiger partial charge is 0.328 e. The highest BCUT2D eigenvalue weighted by molar-refractivity contribution is 9.10. The van der Waals surface area contributed by atoms with E-state index in [0.717, 1.165) is 21.1 Å². The van der Waals surface area contributed by atoms with Crippen LogP contribution < -0.4 is 5.32 Å². The van der Waals surface area contributed by atoms with Crippen molar-refractivity contribution in [3.63, 3.8) is 0 Å². The molecule has 0 saturated carbocycles. The maximum absolute atomic E-state index is 6.18. The molecule has 1 aromatic heterocycles. The average molecular weight is 382 g/mol. The molecular weight excluding hydrogens is 379 g/mol. The number of hydrogen-bond donors (Lipinski definition) is 1. The third kappa shape index (κ3) is 2.21. The second-order valence-corrected chi connectivity index (χ2v) is 6.29. The summed E-state index contributed by atoms with van der Waals surface area (Å²) in [4.78, 5) is 4.25. The Balaban J connectivity index is 2.08. The van der Waals surface area contributed by atoms with Crippen molar-refractivity contribution in [2.45, 2.75) is 0 Å². The average Bonchev–Trinajstić information content (AvgIpc) is 2.93. The molecule has 3 rings (SSSR count). The second kappa shape index (κ2) is 4.90. The van der Waals surface area contributed by atoms with Gasteiger partial charge >= 0.3 is 0 Å². The Bertz CT molecular complexity index is 709. The Labute approximate surface area is 128 Å². The lowest BCUT2D eigenvalue weighted by molar-refractivity contribution is 1.34. The quantitative estimate of drug-likeness (QED) is 0.620. The minimum absolute atomic E-state index is 0.492. The van der Waals surface area contributed by atoms with E-state index in [-0.39, 0.29) is 0 Å². The molecule has 1 N–H and O–H groups in total. The summed E-state index contributed by atoms with van der Waals surface area (Å²) in [5.41, 5.74) is 1.97. The molecule has 2 heterocycles. The first kappa shape index (κ1) is 12.6. The summed E-state index contributed by atoms with van der Waals surface area (Å²) in [5.74, 6) is 0. The third-order valence-electron chi connectivity index (χ3n) is 2.15. The standard InChI is InChI=1S/C9H3BrCl2N4S2/c10-5-2-17-9(13-5)14-6-3(11)1-4(12)7-8(6)16-18-15-7/h1-2H,(H,13,14). The lowest BCUT2D eigenvalue weighted by Crippen LogP contribution is -1.91. The van der Waals surface area contributed by atoms with Crippen LogP contribution >= 0.6 is 50.5 Å². The third-order valence-corrected chi connectivity index (χ3v) is 4.73. The van der Waals surface area contributed by atoms with Gasteiger partial charge in [-0.3, -0.25) is 0 Å². The molecule has 0 radical (unpaired) electrons. The number of aromatic nitrogens is 1. The van der Waals surface area contributed by atoms with Crippen molar-refractivity contribution in [2.24, 2.45) is 8.73 Å². The van der Waals surface area contributed by atoms with Crippen molar-refractivity contribution in [3.05, 3.63) is 26.1 Å². The molecule has 92 valence electrons. The van der Waals surface area contributed by atoms with Crippen molar-refractivity contribution in [2.75, 3.05) is 5.32 Å². The Morgan fingerprint density at radius 1 is 1.17 bits per heavy atom. The first-order valence-corrected chi connectivity index (χ1v) is 7.79. The molecule has 2 aromatic rings. The number of fused-ring (bicyclic) bond motifs is 1. The normalized spacial score (nSPS) is 12.4. The number of halogens is 3. The van der Waals surface area contributed by atoms with Gasteiger partial charge in [0.1, 0.15) is 16.0 Å². The van der Waals surface area contributed by atoms with E-state index in [4.69, 9.17) is 23.2 Å². The Morgan fingerprint density at radius 2 is 1.94 bits per heavy atom. The van der Waals surface area contributed by atoms with E-state index < -0.39 is 0 Å². The SMILES string of the molecule is Clc1cc(Cl)c(Nc2nc(Br)cs2)c2c1N=S=N2. The highest BCUT2D eigenvalue weighted by Crippen LogP contribution is 2.48. The molecule has 0 spiro atoms. The van der Waals surface area contributed by atoms with Crippen LogP contribution in [-0.4, -0.2) is 4.98 Å². The molecule has 9 heteroatoms. The molecule has 0 saturated heterocycles. The van der Waals surface area contributed by atoms with E-state index >= 15 is 0 Å². The van der Waals surface area contributed by atoms with Crippen molar-refractivity contribution < 1.29 is 0 Å². The van der Waals surface area contributed by atoms with Gasteiger partial charge in [0, 0.05) is 5.38 Å². The molecule has 1 aromatic carbocycles. The summed E-state index contributed by atoms with van der Waals surface area (Å²) in [6.07, 6.45) is 0. The molecule has 0 amide bonds. The summed E-state index contributed by atoms with van der Waals surface area (Å²) in [5, 5.41) is 6.73. The molecule has 1 aliphatic rings. The highest BCUT2D eigenvalue weighted by atomic mass is 79.9. The predicted molar refractivity (Wildman–Crippen MR) is 81.1 cm³/mol. The van der Waals surface area contributed by atoms with Crippen LogP contribution in [0.3, 0.4) is 0 Å². The first-order chi connectivity index (χ1) is 8.65. The zero-order valence-corrected chi connectivity index (χ0v) is 13.2. The topological polar surface area (TPSA) is 49.6 Å². The maximum atomic E-state index is 6.18. The van der Waals surface area contributed by atoms with E-state index in [0.29, 0.717) is 27.1 Å². The van der Waals surface area contributed by atoms with Crippen LogP contribution in [0, 0.1) is 0 Å². The first-order valence-electron chi connectivity index (χ1n) is 4.63. The molecule has 0 atom stereocenters. The zero-order valence-electron chi connectivity index (χ0n) is 8.45. The van der Waals surface area contributed by atoms with Gasteiger partial charge in [-0.05, 0) is 22.0 Å². The van der Waals surface area contributed by atoms with E-state index in [1.54, 1.807) is 6.07 Å². The van der Waals surface area contributed by atoms with Crippen molar-refractivity contribution in [3.8, 4) is 0 Å². The number of hydrogen-bond acceptors (Lipinski definition) is 5. The van der Waals surface area contributed by atoms with Crippen LogP contribution in [0.15, 0.2) is 24.8 Å². The van der Waals surface area contributed by atoms with E-state index in [1.807, 2.05) is 5.38 Å². The summed E-state index contributed by atoms with van der Waals surface area (Å²) in [6.45, 7) is 0. The van der Waals surface area contributed by atoms with Gasteiger partial charge in [0.15, 0.2) is 5.13 Å². The number of nitrogens with one attached hydrogen (secondary N) is 1. The zero-order chi connectivity index (χ0) is 12.7. The maximum Gasteiger partial charge on any atom is 0.188 e. The highest BCUT2D eigenvalue weighted by Gasteiger charge is 2.19. The summed E-state index contributed by atoms with van der Waals surface area (Å²) < 4.78 is 9.12. The Morgan fingerprint density at radius 3 is 2.67 bits per heavy atom. The van der Waals surface area contributed by atoms with Crippen molar-refractivity contribution in [1.82, 2.24) is 4.98 Å². The van der Waals surface area contributed by atoms with Gasteiger partial charge in [0.25, 0.3) is 0 Å². The number of benzene rings is 1. The van der Waals surface area contributed by atoms with Crippen molar-refractivity contribution >= 4 is 84.0 Å². The van der Waals surface area contributed by atoms with Crippen LogP contribution in [-0.2, 0) is 11.4 Å². The van der Waals surface area contributed by atoms with Crippen LogP contribution in [0.25, 0.3) is 0 Å². The van der Waals surface area contributed by atoms with Gasteiger partial charge in [-0.25, -0.2) is 4.98 Å². The number of nitrogens with zero attached hydrogens (tertiary/aromatic N) is 3. The molecule has 0 unspecified atom stereocenters. The summed E-state index contributed by atoms with van der Waals surface area (Å²) in [6, 6.07) is 1.65. The van der Waals surface area contributed by atoms with Gasteiger partial charge < -0.3 is 5.32 Å². The molecule has 4 nitrogen and oxygen atoms in total. The lowest BCUT2D eigenvalue weighted by atomic mass is 10.2. The van der Waals surface area contributed by atoms with Gasteiger partial charge in [-0.1, -0.05) is 23.2 Å². The molecule has 0 aliphatic carbocycles. The predicted octanol–water partition coefficient (Wildman–Crippen LogP) is 5.68. The molecular formula is C9H3BrCl2N4S2. The lowest BCUT2D eigenvalue weighted by Gasteiger charge is -2.09. The molecule has 18 heavy (non-hydrogen) atoms. The number of thiazole rings is 1. The van der Waals surface area contributed by atoms with Gasteiger partial charge in [-0.15, -0.1) is 11.3 Å². The molecule has 1 aliphatic heterocycles. The Hall–Kier alpha value is -0.470. The second-order valence-electron chi connectivity index (χ2n) is 3.28. The van der Waals surface area contributed by atoms with E-state index in [1.165, 1.54) is 11.3 Å². The smallest absolute Gasteiger partial charge is 0.188 e. The van der Waals surface area contributed by atoms with Crippen LogP contribution in [0.4, 0.5) is 22.2 Å². The van der Waals surface area contributed by atoms with Gasteiger partial charge in [0.05, 0.1) is 27.1 Å². The summed E-state index contributed by atoms with van der Waals surface area (Å²) in [7, 11) is 0. The van der Waals surface area contributed by atoms with Crippen LogP contribution in [0.5, 0.6) is 0 Å².